The summed E-state index contributed by atoms with van der Waals surface area (Å²) in [5.41, 5.74) is -0.394. The number of aliphatic imine (C=N–C) groups is 1. The normalized spacial score (nSPS) is 10.8. The lowest BCUT2D eigenvalue weighted by Gasteiger charge is -2.07. The third-order valence-corrected chi connectivity index (χ3v) is 1.61. The molecule has 0 aliphatic rings. The monoisotopic (exact) mass is 279 g/mol. The van der Waals surface area contributed by atoms with E-state index in [4.69, 9.17) is 15.3 Å². The summed E-state index contributed by atoms with van der Waals surface area (Å²) in [4.78, 5) is 13.9. The zero-order valence-corrected chi connectivity index (χ0v) is 10.1. The van der Waals surface area contributed by atoms with Gasteiger partial charge in [-0.1, -0.05) is 6.07 Å². The summed E-state index contributed by atoms with van der Waals surface area (Å²) in [6.45, 7) is 0. The highest BCUT2D eigenvalue weighted by atomic mass is 19.4. The molecule has 1 aromatic rings. The quantitative estimate of drug-likeness (QED) is 0.390. The van der Waals surface area contributed by atoms with Crippen molar-refractivity contribution in [2.75, 3.05) is 14.1 Å². The maximum atomic E-state index is 12.3. The van der Waals surface area contributed by atoms with Crippen LogP contribution in [0.15, 0.2) is 29.3 Å². The lowest BCUT2D eigenvalue weighted by molar-refractivity contribution is -0.742. The molecule has 0 amide bonds. The van der Waals surface area contributed by atoms with Crippen LogP contribution >= 0.6 is 0 Å². The van der Waals surface area contributed by atoms with Crippen LogP contribution in [0.4, 0.5) is 18.9 Å². The summed E-state index contributed by atoms with van der Waals surface area (Å²) >= 11 is 0. The van der Waals surface area contributed by atoms with Crippen molar-refractivity contribution in [3.8, 4) is 0 Å². The summed E-state index contributed by atoms with van der Waals surface area (Å²) in [5.74, 6) is 0. The standard InChI is InChI=1S/C10H11F3N2.HNO3/c1-15(2)7-14-9-5-3-4-8(6-9)10(11,12)13;2-1(3)4/h3-7H,1-2H3;(H,2,3,4). The maximum absolute atomic E-state index is 12.3. The van der Waals surface area contributed by atoms with Crippen molar-refractivity contribution in [3.63, 3.8) is 0 Å². The number of alkyl halides is 3. The summed E-state index contributed by atoms with van der Waals surface area (Å²) < 4.78 is 36.9. The average Bonchev–Trinajstić information content (AvgIpc) is 2.25. The molecule has 6 nitrogen and oxygen atoms in total. The molecule has 0 aromatic heterocycles. The van der Waals surface area contributed by atoms with Gasteiger partial charge < -0.3 is 10.1 Å². The molecular weight excluding hydrogens is 267 g/mol. The van der Waals surface area contributed by atoms with Gasteiger partial charge in [-0.25, -0.2) is 4.99 Å². The molecule has 0 saturated carbocycles. The molecule has 0 aliphatic heterocycles. The Kier molecular flexibility index (Phi) is 6.31. The van der Waals surface area contributed by atoms with Crippen LogP contribution in [-0.4, -0.2) is 35.6 Å². The molecule has 106 valence electrons. The van der Waals surface area contributed by atoms with Crippen molar-refractivity contribution in [1.82, 2.24) is 4.90 Å². The Hall–Kier alpha value is -2.32. The van der Waals surface area contributed by atoms with Crippen LogP contribution in [0.3, 0.4) is 0 Å². The van der Waals surface area contributed by atoms with E-state index in [-0.39, 0.29) is 0 Å². The predicted molar refractivity (Wildman–Crippen MR) is 62.1 cm³/mol. The molecular formula is C10H12F3N3O3. The Morgan fingerprint density at radius 3 is 2.37 bits per heavy atom. The number of hydrogen-bond donors (Lipinski definition) is 1. The molecule has 19 heavy (non-hydrogen) atoms. The highest BCUT2D eigenvalue weighted by molar-refractivity contribution is 5.61. The molecule has 0 radical (unpaired) electrons. The number of rotatable bonds is 2. The number of nitrogens with zero attached hydrogens (tertiary/aromatic N) is 3. The SMILES string of the molecule is CN(C)C=Nc1cccc(C(F)(F)F)c1.O=[N+]([O-])O. The first kappa shape index (κ1) is 16.7. The maximum Gasteiger partial charge on any atom is 0.416 e. The smallest absolute Gasteiger partial charge is 0.369 e. The topological polar surface area (TPSA) is 79.0 Å². The molecule has 1 N–H and O–H groups in total. The summed E-state index contributed by atoms with van der Waals surface area (Å²) in [6.07, 6.45) is -2.86. The molecule has 0 unspecified atom stereocenters. The lowest BCUT2D eigenvalue weighted by atomic mass is 10.2. The van der Waals surface area contributed by atoms with Gasteiger partial charge in [0.2, 0.25) is 0 Å². The average molecular weight is 279 g/mol. The van der Waals surface area contributed by atoms with Gasteiger partial charge in [0.15, 0.2) is 0 Å². The molecule has 0 saturated heterocycles. The van der Waals surface area contributed by atoms with Crippen molar-refractivity contribution >= 4 is 12.0 Å². The van der Waals surface area contributed by atoms with Crippen LogP contribution < -0.4 is 0 Å². The van der Waals surface area contributed by atoms with Gasteiger partial charge >= 0.3 is 6.18 Å². The van der Waals surface area contributed by atoms with Crippen LogP contribution in [-0.2, 0) is 6.18 Å². The highest BCUT2D eigenvalue weighted by Gasteiger charge is 2.30. The van der Waals surface area contributed by atoms with Crippen molar-refractivity contribution in [1.29, 1.82) is 0 Å². The fourth-order valence-electron chi connectivity index (χ4n) is 0.945. The lowest BCUT2D eigenvalue weighted by Crippen LogP contribution is -2.07. The summed E-state index contributed by atoms with van der Waals surface area (Å²) in [5, 5.41) is 13.6. The van der Waals surface area contributed by atoms with E-state index < -0.39 is 16.8 Å². The number of hydrogen-bond acceptors (Lipinski definition) is 3. The molecule has 0 spiro atoms. The van der Waals surface area contributed by atoms with Gasteiger partial charge in [0.1, 0.15) is 0 Å². The van der Waals surface area contributed by atoms with E-state index in [0.29, 0.717) is 5.69 Å². The van der Waals surface area contributed by atoms with Crippen molar-refractivity contribution in [3.05, 3.63) is 39.9 Å². The summed E-state index contributed by atoms with van der Waals surface area (Å²) in [6, 6.07) is 4.90. The predicted octanol–water partition coefficient (Wildman–Crippen LogP) is 2.58. The van der Waals surface area contributed by atoms with Crippen LogP contribution in [0.1, 0.15) is 5.56 Å². The van der Waals surface area contributed by atoms with Crippen LogP contribution in [0.25, 0.3) is 0 Å². The van der Waals surface area contributed by atoms with Gasteiger partial charge in [-0.15, -0.1) is 10.1 Å². The second kappa shape index (κ2) is 7.19. The van der Waals surface area contributed by atoms with E-state index in [1.165, 1.54) is 18.5 Å². The van der Waals surface area contributed by atoms with Gasteiger partial charge in [0, 0.05) is 14.1 Å². The minimum atomic E-state index is -4.32. The highest BCUT2D eigenvalue weighted by Crippen LogP contribution is 2.31. The van der Waals surface area contributed by atoms with E-state index >= 15 is 0 Å². The van der Waals surface area contributed by atoms with E-state index in [2.05, 4.69) is 4.99 Å². The molecule has 1 rings (SSSR count). The fraction of sp³-hybridized carbons (Fsp3) is 0.300. The first-order chi connectivity index (χ1) is 8.62. The fourth-order valence-corrected chi connectivity index (χ4v) is 0.945. The van der Waals surface area contributed by atoms with Crippen molar-refractivity contribution in [2.45, 2.75) is 6.18 Å². The Morgan fingerprint density at radius 2 is 1.95 bits per heavy atom. The zero-order valence-electron chi connectivity index (χ0n) is 10.1. The van der Waals surface area contributed by atoms with Crippen molar-refractivity contribution in [2.24, 2.45) is 4.99 Å². The van der Waals surface area contributed by atoms with Gasteiger partial charge in [-0.05, 0) is 18.2 Å². The second-order valence-electron chi connectivity index (χ2n) is 3.49. The van der Waals surface area contributed by atoms with Gasteiger partial charge in [-0.3, -0.25) is 0 Å². The zero-order chi connectivity index (χ0) is 15.1. The third kappa shape index (κ3) is 8.41. The minimum Gasteiger partial charge on any atom is -0.369 e. The Morgan fingerprint density at radius 1 is 1.42 bits per heavy atom. The third-order valence-electron chi connectivity index (χ3n) is 1.61. The van der Waals surface area contributed by atoms with E-state index in [1.54, 1.807) is 19.0 Å². The van der Waals surface area contributed by atoms with Crippen molar-refractivity contribution < 1.29 is 23.5 Å². The Labute approximate surface area is 106 Å². The Bertz CT molecular complexity index is 443. The van der Waals surface area contributed by atoms with Crippen LogP contribution in [0.2, 0.25) is 0 Å². The molecule has 1 aromatic carbocycles. The van der Waals surface area contributed by atoms with E-state index in [0.717, 1.165) is 12.1 Å². The van der Waals surface area contributed by atoms with Crippen LogP contribution in [0.5, 0.6) is 0 Å². The second-order valence-corrected chi connectivity index (χ2v) is 3.49. The van der Waals surface area contributed by atoms with Gasteiger partial charge in [0.25, 0.3) is 5.09 Å². The molecule has 0 atom stereocenters. The molecule has 9 heteroatoms. The van der Waals surface area contributed by atoms with Gasteiger partial charge in [0.05, 0.1) is 17.6 Å². The van der Waals surface area contributed by atoms with Gasteiger partial charge in [-0.2, -0.15) is 13.2 Å². The molecule has 0 bridgehead atoms. The molecule has 0 aliphatic carbocycles. The first-order valence-corrected chi connectivity index (χ1v) is 4.84. The summed E-state index contributed by atoms with van der Waals surface area (Å²) in [7, 11) is 3.49. The van der Waals surface area contributed by atoms with E-state index in [9.17, 15) is 13.2 Å². The van der Waals surface area contributed by atoms with Crippen LogP contribution in [0, 0.1) is 10.1 Å². The van der Waals surface area contributed by atoms with E-state index in [1.807, 2.05) is 0 Å². The minimum absolute atomic E-state index is 0.290. The first-order valence-electron chi connectivity index (χ1n) is 4.84. The Balaban J connectivity index is 0.000000711. The molecule has 0 fully saturated rings. The largest absolute Gasteiger partial charge is 0.416 e. The molecule has 0 heterocycles. The number of benzene rings is 1. The number of halogens is 3.